The SMILES string of the molecule is Cc1nc(CN(C)C2CCC(N)C2)cs1. The van der Waals surface area contributed by atoms with Gasteiger partial charge in [0.1, 0.15) is 0 Å². The molecule has 4 heteroatoms. The predicted molar refractivity (Wildman–Crippen MR) is 63.9 cm³/mol. The quantitative estimate of drug-likeness (QED) is 0.852. The van der Waals surface area contributed by atoms with Gasteiger partial charge in [-0.3, -0.25) is 4.90 Å². The molecule has 2 atom stereocenters. The molecule has 0 saturated heterocycles. The highest BCUT2D eigenvalue weighted by Gasteiger charge is 2.25. The minimum atomic E-state index is 0.412. The van der Waals surface area contributed by atoms with Gasteiger partial charge in [-0.15, -0.1) is 11.3 Å². The van der Waals surface area contributed by atoms with E-state index in [1.54, 1.807) is 11.3 Å². The molecular weight excluding hydrogens is 206 g/mol. The Morgan fingerprint density at radius 3 is 2.93 bits per heavy atom. The van der Waals surface area contributed by atoms with Gasteiger partial charge in [0.05, 0.1) is 10.7 Å². The van der Waals surface area contributed by atoms with Gasteiger partial charge in [-0.2, -0.15) is 0 Å². The molecule has 1 fully saturated rings. The van der Waals surface area contributed by atoms with Crippen molar-refractivity contribution >= 4 is 11.3 Å². The van der Waals surface area contributed by atoms with Gasteiger partial charge in [-0.25, -0.2) is 4.98 Å². The van der Waals surface area contributed by atoms with Crippen LogP contribution in [0.4, 0.5) is 0 Å². The van der Waals surface area contributed by atoms with Crippen LogP contribution in [0.3, 0.4) is 0 Å². The standard InChI is InChI=1S/C11H19N3S/c1-8-13-10(7-15-8)6-14(2)11-4-3-9(12)5-11/h7,9,11H,3-6,12H2,1-2H3. The second-order valence-electron chi connectivity index (χ2n) is 4.50. The van der Waals surface area contributed by atoms with Crippen molar-refractivity contribution in [1.29, 1.82) is 0 Å². The summed E-state index contributed by atoms with van der Waals surface area (Å²) in [4.78, 5) is 6.88. The Morgan fingerprint density at radius 2 is 2.40 bits per heavy atom. The van der Waals surface area contributed by atoms with E-state index in [9.17, 15) is 0 Å². The number of aryl methyl sites for hydroxylation is 1. The van der Waals surface area contributed by atoms with Gasteiger partial charge in [0.25, 0.3) is 0 Å². The molecule has 15 heavy (non-hydrogen) atoms. The van der Waals surface area contributed by atoms with Gasteiger partial charge >= 0.3 is 0 Å². The lowest BCUT2D eigenvalue weighted by Gasteiger charge is -2.23. The van der Waals surface area contributed by atoms with Crippen LogP contribution >= 0.6 is 11.3 Å². The molecule has 1 aliphatic rings. The van der Waals surface area contributed by atoms with Crippen molar-refractivity contribution in [3.05, 3.63) is 16.1 Å². The third kappa shape index (κ3) is 2.77. The monoisotopic (exact) mass is 225 g/mol. The average Bonchev–Trinajstić information content (AvgIpc) is 2.75. The second-order valence-corrected chi connectivity index (χ2v) is 5.56. The Labute approximate surface area is 95.3 Å². The van der Waals surface area contributed by atoms with Gasteiger partial charge in [0.15, 0.2) is 0 Å². The zero-order valence-corrected chi connectivity index (χ0v) is 10.3. The molecule has 2 rings (SSSR count). The van der Waals surface area contributed by atoms with Crippen molar-refractivity contribution in [3.63, 3.8) is 0 Å². The highest BCUT2D eigenvalue weighted by atomic mass is 32.1. The fraction of sp³-hybridized carbons (Fsp3) is 0.727. The van der Waals surface area contributed by atoms with Crippen LogP contribution in [0.2, 0.25) is 0 Å². The Bertz CT molecular complexity index is 323. The van der Waals surface area contributed by atoms with Crippen molar-refractivity contribution in [2.75, 3.05) is 7.05 Å². The summed E-state index contributed by atoms with van der Waals surface area (Å²) in [5.41, 5.74) is 7.12. The molecule has 0 amide bonds. The van der Waals surface area contributed by atoms with Crippen LogP contribution in [0.1, 0.15) is 30.0 Å². The van der Waals surface area contributed by atoms with Gasteiger partial charge in [-0.05, 0) is 33.2 Å². The van der Waals surface area contributed by atoms with Crippen molar-refractivity contribution < 1.29 is 0 Å². The number of rotatable bonds is 3. The fourth-order valence-electron chi connectivity index (χ4n) is 2.26. The van der Waals surface area contributed by atoms with E-state index in [1.165, 1.54) is 18.5 Å². The number of hydrogen-bond acceptors (Lipinski definition) is 4. The zero-order chi connectivity index (χ0) is 10.8. The van der Waals surface area contributed by atoms with Crippen LogP contribution in [0.15, 0.2) is 5.38 Å². The van der Waals surface area contributed by atoms with Crippen LogP contribution in [-0.2, 0) is 6.54 Å². The number of hydrogen-bond donors (Lipinski definition) is 1. The molecule has 0 radical (unpaired) electrons. The zero-order valence-electron chi connectivity index (χ0n) is 9.44. The van der Waals surface area contributed by atoms with E-state index in [2.05, 4.69) is 29.2 Å². The highest BCUT2D eigenvalue weighted by Crippen LogP contribution is 2.23. The van der Waals surface area contributed by atoms with Crippen LogP contribution in [0.25, 0.3) is 0 Å². The first-order valence-electron chi connectivity index (χ1n) is 5.52. The summed E-state index contributed by atoms with van der Waals surface area (Å²) in [6.07, 6.45) is 3.55. The van der Waals surface area contributed by atoms with E-state index in [4.69, 9.17) is 5.73 Å². The molecule has 2 N–H and O–H groups in total. The molecule has 1 aliphatic carbocycles. The summed E-state index contributed by atoms with van der Waals surface area (Å²) in [7, 11) is 2.18. The van der Waals surface area contributed by atoms with Crippen molar-refractivity contribution in [1.82, 2.24) is 9.88 Å². The van der Waals surface area contributed by atoms with Crippen molar-refractivity contribution in [2.24, 2.45) is 5.73 Å². The second kappa shape index (κ2) is 4.60. The lowest BCUT2D eigenvalue weighted by atomic mass is 10.2. The molecule has 1 heterocycles. The molecule has 1 aromatic heterocycles. The first-order chi connectivity index (χ1) is 7.15. The maximum atomic E-state index is 5.92. The maximum Gasteiger partial charge on any atom is 0.0897 e. The Kier molecular flexibility index (Phi) is 3.38. The van der Waals surface area contributed by atoms with E-state index >= 15 is 0 Å². The third-order valence-corrected chi connectivity index (χ3v) is 3.97. The molecule has 1 saturated carbocycles. The summed E-state index contributed by atoms with van der Waals surface area (Å²) >= 11 is 1.73. The maximum absolute atomic E-state index is 5.92. The largest absolute Gasteiger partial charge is 0.328 e. The van der Waals surface area contributed by atoms with Crippen LogP contribution < -0.4 is 5.73 Å². The summed E-state index contributed by atoms with van der Waals surface area (Å²) in [5, 5.41) is 3.31. The molecule has 1 aromatic rings. The van der Waals surface area contributed by atoms with Crippen molar-refractivity contribution in [3.8, 4) is 0 Å². The Balaban J connectivity index is 1.89. The normalized spacial score (nSPS) is 26.4. The molecule has 0 aliphatic heterocycles. The van der Waals surface area contributed by atoms with Gasteiger partial charge in [0.2, 0.25) is 0 Å². The highest BCUT2D eigenvalue weighted by molar-refractivity contribution is 7.09. The van der Waals surface area contributed by atoms with Gasteiger partial charge in [0, 0.05) is 24.0 Å². The van der Waals surface area contributed by atoms with Crippen LogP contribution in [0.5, 0.6) is 0 Å². The number of nitrogens with two attached hydrogens (primary N) is 1. The van der Waals surface area contributed by atoms with Gasteiger partial charge in [-0.1, -0.05) is 0 Å². The molecule has 0 aromatic carbocycles. The van der Waals surface area contributed by atoms with Crippen LogP contribution in [-0.4, -0.2) is 29.0 Å². The molecule has 84 valence electrons. The van der Waals surface area contributed by atoms with Crippen molar-refractivity contribution in [2.45, 2.75) is 44.8 Å². The summed E-state index contributed by atoms with van der Waals surface area (Å²) in [6, 6.07) is 1.07. The number of thiazole rings is 1. The van der Waals surface area contributed by atoms with Crippen LogP contribution in [0, 0.1) is 6.92 Å². The summed E-state index contributed by atoms with van der Waals surface area (Å²) in [6.45, 7) is 3.02. The fourth-order valence-corrected chi connectivity index (χ4v) is 2.86. The lowest BCUT2D eigenvalue weighted by Crippen LogP contribution is -2.30. The predicted octanol–water partition coefficient (Wildman–Crippen LogP) is 1.76. The summed E-state index contributed by atoms with van der Waals surface area (Å²) < 4.78 is 0. The molecule has 0 spiro atoms. The summed E-state index contributed by atoms with van der Waals surface area (Å²) in [5.74, 6) is 0. The Morgan fingerprint density at radius 1 is 1.60 bits per heavy atom. The van der Waals surface area contributed by atoms with E-state index in [0.29, 0.717) is 12.1 Å². The van der Waals surface area contributed by atoms with E-state index in [1.807, 2.05) is 0 Å². The first kappa shape index (κ1) is 11.0. The van der Waals surface area contributed by atoms with Gasteiger partial charge < -0.3 is 5.73 Å². The molecule has 3 nitrogen and oxygen atoms in total. The molecule has 2 unspecified atom stereocenters. The first-order valence-corrected chi connectivity index (χ1v) is 6.40. The number of nitrogens with zero attached hydrogens (tertiary/aromatic N) is 2. The van der Waals surface area contributed by atoms with E-state index in [0.717, 1.165) is 18.0 Å². The topological polar surface area (TPSA) is 42.2 Å². The number of aromatic nitrogens is 1. The third-order valence-electron chi connectivity index (χ3n) is 3.15. The van der Waals surface area contributed by atoms with E-state index < -0.39 is 0 Å². The minimum absolute atomic E-state index is 0.412. The Hall–Kier alpha value is -0.450. The smallest absolute Gasteiger partial charge is 0.0897 e. The molecule has 0 bridgehead atoms. The van der Waals surface area contributed by atoms with E-state index in [-0.39, 0.29) is 0 Å². The molecular formula is C11H19N3S. The minimum Gasteiger partial charge on any atom is -0.328 e. The lowest BCUT2D eigenvalue weighted by molar-refractivity contribution is 0.233. The average molecular weight is 225 g/mol.